The van der Waals surface area contributed by atoms with Gasteiger partial charge in [-0.2, -0.15) is 13.2 Å². The number of likely N-dealkylation sites (N-methyl/N-ethyl adjacent to an activating group) is 1. The fraction of sp³-hybridized carbons (Fsp3) is 0.514. The molecule has 4 aliphatic rings. The van der Waals surface area contributed by atoms with Gasteiger partial charge in [-0.05, 0) is 80.6 Å². The summed E-state index contributed by atoms with van der Waals surface area (Å²) in [6, 6.07) is 7.94. The van der Waals surface area contributed by atoms with E-state index in [1.165, 1.54) is 38.1 Å². The average Bonchev–Trinajstić information content (AvgIpc) is 3.33. The Morgan fingerprint density at radius 3 is 2.57 bits per heavy atom. The first-order valence-electron chi connectivity index (χ1n) is 15.7. The number of hydrogen-bond donors (Lipinski definition) is 0. The van der Waals surface area contributed by atoms with Crippen molar-refractivity contribution in [2.24, 2.45) is 5.92 Å². The molecule has 2 unspecified atom stereocenters. The van der Waals surface area contributed by atoms with Crippen molar-refractivity contribution in [1.82, 2.24) is 9.80 Å². The van der Waals surface area contributed by atoms with E-state index in [1.807, 2.05) is 27.0 Å². The highest BCUT2D eigenvalue weighted by atomic mass is 19.4. The summed E-state index contributed by atoms with van der Waals surface area (Å²) in [7, 11) is 2.03. The third kappa shape index (κ3) is 5.07. The fourth-order valence-electron chi connectivity index (χ4n) is 8.57. The molecule has 0 radical (unpaired) electrons. The summed E-state index contributed by atoms with van der Waals surface area (Å²) in [5, 5.41) is 0. The van der Waals surface area contributed by atoms with Crippen molar-refractivity contribution in [1.29, 1.82) is 0 Å². The molecule has 2 heterocycles. The zero-order valence-electron chi connectivity index (χ0n) is 26.6. The molecule has 0 aromatic heterocycles. The Balaban J connectivity index is 1.45. The van der Waals surface area contributed by atoms with E-state index >= 15 is 0 Å². The Morgan fingerprint density at radius 2 is 1.89 bits per heavy atom. The van der Waals surface area contributed by atoms with Gasteiger partial charge in [-0.1, -0.05) is 32.0 Å². The molecule has 2 bridgehead atoms. The number of nitrogens with zero attached hydrogens (tertiary/aromatic N) is 2. The SMILES string of the molecule is CC(=O)Oc1ccc2c3c1OC1C(N(CC(C)C)C(=O)C=Cc4cccc(C(F)(F)F)c4)CC[C@@]4(OC(C)=O)[C@@H](C2)N(C)CC[C@]314. The number of piperidine rings is 1. The summed E-state index contributed by atoms with van der Waals surface area (Å²) in [5.41, 5.74) is -0.393. The average molecular weight is 641 g/mol. The number of carbonyl (C=O) groups excluding carboxylic acids is 3. The fourth-order valence-corrected chi connectivity index (χ4v) is 8.57. The molecule has 1 saturated carbocycles. The van der Waals surface area contributed by atoms with E-state index in [-0.39, 0.29) is 29.2 Å². The van der Waals surface area contributed by atoms with Gasteiger partial charge in [0, 0.05) is 32.0 Å². The Morgan fingerprint density at radius 1 is 1.13 bits per heavy atom. The second-order valence-corrected chi connectivity index (χ2v) is 13.4. The minimum absolute atomic E-state index is 0.0658. The van der Waals surface area contributed by atoms with Gasteiger partial charge >= 0.3 is 18.1 Å². The molecule has 11 heteroatoms. The molecule has 2 aliphatic heterocycles. The lowest BCUT2D eigenvalue weighted by Crippen LogP contribution is -2.79. The van der Waals surface area contributed by atoms with Crippen LogP contribution >= 0.6 is 0 Å². The van der Waals surface area contributed by atoms with Crippen LogP contribution in [0.15, 0.2) is 42.5 Å². The highest BCUT2D eigenvalue weighted by Gasteiger charge is 2.75. The number of alkyl halides is 3. The van der Waals surface area contributed by atoms with Gasteiger partial charge in [0.1, 0.15) is 11.7 Å². The van der Waals surface area contributed by atoms with Crippen LogP contribution in [-0.2, 0) is 37.1 Å². The summed E-state index contributed by atoms with van der Waals surface area (Å²) in [5.74, 6) is -0.453. The van der Waals surface area contributed by atoms with Crippen molar-refractivity contribution in [3.8, 4) is 11.5 Å². The maximum Gasteiger partial charge on any atom is 0.416 e. The molecule has 2 aliphatic carbocycles. The number of hydrogen-bond acceptors (Lipinski definition) is 7. The highest BCUT2D eigenvalue weighted by molar-refractivity contribution is 5.92. The quantitative estimate of drug-likeness (QED) is 0.223. The van der Waals surface area contributed by atoms with E-state index in [2.05, 4.69) is 4.90 Å². The third-order valence-electron chi connectivity index (χ3n) is 10.1. The van der Waals surface area contributed by atoms with E-state index in [9.17, 15) is 27.6 Å². The molecule has 8 nitrogen and oxygen atoms in total. The number of benzene rings is 2. The molecule has 1 spiro atoms. The number of likely N-dealkylation sites (tertiary alicyclic amines) is 1. The van der Waals surface area contributed by atoms with Gasteiger partial charge in [0.25, 0.3) is 0 Å². The smallest absolute Gasteiger partial charge is 0.416 e. The van der Waals surface area contributed by atoms with Crippen LogP contribution in [0.1, 0.15) is 69.2 Å². The van der Waals surface area contributed by atoms with Crippen LogP contribution in [0, 0.1) is 5.92 Å². The Bertz CT molecular complexity index is 1610. The van der Waals surface area contributed by atoms with Crippen molar-refractivity contribution < 1.29 is 41.8 Å². The van der Waals surface area contributed by atoms with Crippen LogP contribution < -0.4 is 9.47 Å². The largest absolute Gasteiger partial charge is 0.483 e. The number of rotatable bonds is 7. The number of amides is 1. The summed E-state index contributed by atoms with van der Waals surface area (Å²) in [4.78, 5) is 43.0. The molecule has 46 heavy (non-hydrogen) atoms. The lowest BCUT2D eigenvalue weighted by atomic mass is 9.48. The lowest BCUT2D eigenvalue weighted by Gasteiger charge is -2.65. The van der Waals surface area contributed by atoms with Gasteiger partial charge in [-0.15, -0.1) is 0 Å². The predicted octanol–water partition coefficient (Wildman–Crippen LogP) is 5.55. The van der Waals surface area contributed by atoms with Crippen LogP contribution in [0.3, 0.4) is 0 Å². The molecule has 0 N–H and O–H groups in total. The van der Waals surface area contributed by atoms with Crippen molar-refractivity contribution in [2.45, 2.75) is 88.8 Å². The summed E-state index contributed by atoms with van der Waals surface area (Å²) in [6.45, 7) is 7.80. The summed E-state index contributed by atoms with van der Waals surface area (Å²) < 4.78 is 58.9. The van der Waals surface area contributed by atoms with Crippen molar-refractivity contribution in [3.05, 3.63) is 64.7 Å². The van der Waals surface area contributed by atoms with Crippen LogP contribution in [0.25, 0.3) is 6.08 Å². The van der Waals surface area contributed by atoms with Gasteiger partial charge in [0.2, 0.25) is 5.91 Å². The number of carbonyl (C=O) groups is 3. The van der Waals surface area contributed by atoms with Crippen LogP contribution in [0.4, 0.5) is 13.2 Å². The first kappa shape index (κ1) is 32.1. The molecular formula is C35H39F3N2O6. The number of esters is 2. The van der Waals surface area contributed by atoms with E-state index in [1.54, 1.807) is 11.0 Å². The van der Waals surface area contributed by atoms with Gasteiger partial charge < -0.3 is 19.1 Å². The molecule has 2 fully saturated rings. The van der Waals surface area contributed by atoms with E-state index in [0.717, 1.165) is 23.3 Å². The third-order valence-corrected chi connectivity index (χ3v) is 10.1. The van der Waals surface area contributed by atoms with Gasteiger partial charge in [0.15, 0.2) is 11.5 Å². The van der Waals surface area contributed by atoms with Gasteiger partial charge in [-0.25, -0.2) is 0 Å². The van der Waals surface area contributed by atoms with Crippen molar-refractivity contribution in [2.75, 3.05) is 20.1 Å². The van der Waals surface area contributed by atoms with Gasteiger partial charge in [0.05, 0.1) is 23.1 Å². The molecule has 2 aromatic carbocycles. The minimum atomic E-state index is -4.50. The molecule has 1 amide bonds. The van der Waals surface area contributed by atoms with Crippen LogP contribution in [-0.4, -0.2) is 71.6 Å². The molecule has 6 rings (SSSR count). The molecule has 1 saturated heterocycles. The van der Waals surface area contributed by atoms with E-state index < -0.39 is 46.8 Å². The lowest BCUT2D eigenvalue weighted by molar-refractivity contribution is -0.221. The maximum absolute atomic E-state index is 14.0. The first-order valence-corrected chi connectivity index (χ1v) is 15.7. The maximum atomic E-state index is 14.0. The zero-order chi connectivity index (χ0) is 33.2. The Kier molecular flexibility index (Phi) is 7.98. The van der Waals surface area contributed by atoms with Crippen molar-refractivity contribution >= 4 is 23.9 Å². The van der Waals surface area contributed by atoms with E-state index in [0.29, 0.717) is 44.5 Å². The topological polar surface area (TPSA) is 85.4 Å². The first-order chi connectivity index (χ1) is 21.7. The molecule has 5 atom stereocenters. The summed E-state index contributed by atoms with van der Waals surface area (Å²) >= 11 is 0. The monoisotopic (exact) mass is 640 g/mol. The van der Waals surface area contributed by atoms with Crippen molar-refractivity contribution in [3.63, 3.8) is 0 Å². The number of ether oxygens (including phenoxy) is 3. The Hall–Kier alpha value is -3.86. The minimum Gasteiger partial charge on any atom is -0.483 e. The molecule has 246 valence electrons. The molecular weight excluding hydrogens is 601 g/mol. The zero-order valence-corrected chi connectivity index (χ0v) is 26.6. The van der Waals surface area contributed by atoms with Crippen LogP contribution in [0.2, 0.25) is 0 Å². The van der Waals surface area contributed by atoms with Gasteiger partial charge in [-0.3, -0.25) is 19.3 Å². The summed E-state index contributed by atoms with van der Waals surface area (Å²) in [6.07, 6.45) is -0.272. The van der Waals surface area contributed by atoms with Crippen LogP contribution in [0.5, 0.6) is 11.5 Å². The second kappa shape index (κ2) is 11.4. The second-order valence-electron chi connectivity index (χ2n) is 13.4. The number of halogens is 3. The molecule has 2 aromatic rings. The Labute approximate surface area is 266 Å². The normalized spacial score (nSPS) is 28.1. The standard InChI is InChI=1S/C35H39F3N2O6/c1-20(2)19-40(29(43)12-9-23-7-6-8-25(17-23)35(36,37)38)26-13-14-34(46-22(4)42)28-18-24-10-11-27(44-21(3)41)31-30(24)33(34,32(26)45-31)15-16-39(28)5/h6-12,17,20,26,28,32H,13-16,18-19H2,1-5H3/t26?,28-,32?,33+,34-/m1/s1. The predicted molar refractivity (Wildman–Crippen MR) is 163 cm³/mol. The highest BCUT2D eigenvalue weighted by Crippen LogP contribution is 2.67. The van der Waals surface area contributed by atoms with E-state index in [4.69, 9.17) is 14.2 Å².